The van der Waals surface area contributed by atoms with Crippen molar-refractivity contribution in [2.24, 2.45) is 5.92 Å². The highest BCUT2D eigenvalue weighted by Crippen LogP contribution is 2.29. The van der Waals surface area contributed by atoms with Crippen LogP contribution < -0.4 is 5.32 Å². The van der Waals surface area contributed by atoms with E-state index >= 15 is 0 Å². The standard InChI is InChI=1S/C15H23BrN2/c1-3-4-12-5-7-13(8-6-12)18-14-9-11(2)15(16)17-10-14/h9-10,12-13,18H,3-8H2,1-2H3. The van der Waals surface area contributed by atoms with E-state index in [0.29, 0.717) is 6.04 Å². The van der Waals surface area contributed by atoms with Crippen LogP contribution in [-0.4, -0.2) is 11.0 Å². The first-order valence-corrected chi connectivity index (χ1v) is 7.87. The quantitative estimate of drug-likeness (QED) is 0.798. The van der Waals surface area contributed by atoms with Gasteiger partial charge in [-0.15, -0.1) is 0 Å². The van der Waals surface area contributed by atoms with Crippen LogP contribution in [-0.2, 0) is 0 Å². The van der Waals surface area contributed by atoms with Gasteiger partial charge in [-0.3, -0.25) is 0 Å². The van der Waals surface area contributed by atoms with E-state index in [1.165, 1.54) is 44.1 Å². The molecule has 0 radical (unpaired) electrons. The van der Waals surface area contributed by atoms with Gasteiger partial charge >= 0.3 is 0 Å². The van der Waals surface area contributed by atoms with Crippen molar-refractivity contribution in [2.45, 2.75) is 58.4 Å². The molecule has 1 aromatic heterocycles. The number of pyridine rings is 1. The second-order valence-corrected chi connectivity index (χ2v) is 6.23. The van der Waals surface area contributed by atoms with Crippen LogP contribution in [0.5, 0.6) is 0 Å². The Labute approximate surface area is 119 Å². The van der Waals surface area contributed by atoms with Gasteiger partial charge in [0, 0.05) is 6.04 Å². The van der Waals surface area contributed by atoms with Gasteiger partial charge in [0.15, 0.2) is 0 Å². The summed E-state index contributed by atoms with van der Waals surface area (Å²) < 4.78 is 0.944. The molecular weight excluding hydrogens is 288 g/mol. The lowest BCUT2D eigenvalue weighted by Crippen LogP contribution is -2.26. The van der Waals surface area contributed by atoms with Crippen LogP contribution in [0, 0.1) is 12.8 Å². The minimum absolute atomic E-state index is 0.639. The maximum absolute atomic E-state index is 4.34. The monoisotopic (exact) mass is 310 g/mol. The first-order chi connectivity index (χ1) is 8.69. The third-order valence-corrected chi connectivity index (χ3v) is 4.76. The van der Waals surface area contributed by atoms with Crippen molar-refractivity contribution in [2.75, 3.05) is 5.32 Å². The number of aryl methyl sites for hydroxylation is 1. The molecule has 0 amide bonds. The van der Waals surface area contributed by atoms with E-state index in [1.807, 2.05) is 6.20 Å². The molecule has 0 atom stereocenters. The summed E-state index contributed by atoms with van der Waals surface area (Å²) in [4.78, 5) is 4.34. The summed E-state index contributed by atoms with van der Waals surface area (Å²) in [7, 11) is 0. The number of rotatable bonds is 4. The molecule has 1 aliphatic carbocycles. The van der Waals surface area contributed by atoms with Gasteiger partial charge in [0.1, 0.15) is 4.60 Å². The molecule has 1 heterocycles. The predicted octanol–water partition coefficient (Wildman–Crippen LogP) is 4.92. The van der Waals surface area contributed by atoms with Crippen LogP contribution in [0.15, 0.2) is 16.9 Å². The fraction of sp³-hybridized carbons (Fsp3) is 0.667. The molecule has 100 valence electrons. The highest BCUT2D eigenvalue weighted by Gasteiger charge is 2.20. The highest BCUT2D eigenvalue weighted by atomic mass is 79.9. The van der Waals surface area contributed by atoms with E-state index < -0.39 is 0 Å². The van der Waals surface area contributed by atoms with Crippen molar-refractivity contribution in [3.8, 4) is 0 Å². The number of hydrogen-bond donors (Lipinski definition) is 1. The number of halogens is 1. The zero-order valence-electron chi connectivity index (χ0n) is 11.4. The Bertz CT molecular complexity index is 384. The first-order valence-electron chi connectivity index (χ1n) is 7.07. The highest BCUT2D eigenvalue weighted by molar-refractivity contribution is 9.10. The molecule has 1 aliphatic rings. The van der Waals surface area contributed by atoms with Crippen molar-refractivity contribution in [1.82, 2.24) is 4.98 Å². The molecule has 1 N–H and O–H groups in total. The van der Waals surface area contributed by atoms with Crippen LogP contribution in [0.4, 0.5) is 5.69 Å². The van der Waals surface area contributed by atoms with Gasteiger partial charge in [0.2, 0.25) is 0 Å². The third kappa shape index (κ3) is 3.71. The SMILES string of the molecule is CCCC1CCC(Nc2cnc(Br)c(C)c2)CC1. The van der Waals surface area contributed by atoms with Crippen LogP contribution in [0.3, 0.4) is 0 Å². The lowest BCUT2D eigenvalue weighted by molar-refractivity contribution is 0.319. The average molecular weight is 311 g/mol. The molecule has 0 unspecified atom stereocenters. The van der Waals surface area contributed by atoms with E-state index in [9.17, 15) is 0 Å². The van der Waals surface area contributed by atoms with Gasteiger partial charge in [0.05, 0.1) is 11.9 Å². The Balaban J connectivity index is 1.85. The lowest BCUT2D eigenvalue weighted by Gasteiger charge is -2.29. The lowest BCUT2D eigenvalue weighted by atomic mass is 9.83. The number of nitrogens with one attached hydrogen (secondary N) is 1. The zero-order chi connectivity index (χ0) is 13.0. The van der Waals surface area contributed by atoms with E-state index in [2.05, 4.69) is 46.1 Å². The Morgan fingerprint density at radius 3 is 2.67 bits per heavy atom. The van der Waals surface area contributed by atoms with Crippen LogP contribution in [0.1, 0.15) is 51.0 Å². The summed E-state index contributed by atoms with van der Waals surface area (Å²) in [6, 6.07) is 2.82. The molecule has 2 rings (SSSR count). The summed E-state index contributed by atoms with van der Waals surface area (Å²) >= 11 is 3.44. The molecule has 0 aromatic carbocycles. The third-order valence-electron chi connectivity index (χ3n) is 3.93. The number of hydrogen-bond acceptors (Lipinski definition) is 2. The van der Waals surface area contributed by atoms with Gasteiger partial charge in [-0.25, -0.2) is 4.98 Å². The maximum atomic E-state index is 4.34. The fourth-order valence-electron chi connectivity index (χ4n) is 2.88. The largest absolute Gasteiger partial charge is 0.381 e. The van der Waals surface area contributed by atoms with E-state index in [4.69, 9.17) is 0 Å². The second-order valence-electron chi connectivity index (χ2n) is 5.48. The topological polar surface area (TPSA) is 24.9 Å². The van der Waals surface area contributed by atoms with E-state index in [1.54, 1.807) is 0 Å². The molecule has 18 heavy (non-hydrogen) atoms. The van der Waals surface area contributed by atoms with Crippen LogP contribution >= 0.6 is 15.9 Å². The minimum atomic E-state index is 0.639. The van der Waals surface area contributed by atoms with Gasteiger partial charge in [-0.2, -0.15) is 0 Å². The van der Waals surface area contributed by atoms with E-state index in [0.717, 1.165) is 16.2 Å². The van der Waals surface area contributed by atoms with Crippen molar-refractivity contribution in [3.63, 3.8) is 0 Å². The molecule has 1 saturated carbocycles. The number of anilines is 1. The van der Waals surface area contributed by atoms with Gasteiger partial charge in [-0.1, -0.05) is 19.8 Å². The van der Waals surface area contributed by atoms with Crippen LogP contribution in [0.2, 0.25) is 0 Å². The Kier molecular flexibility index (Phi) is 5.04. The Hall–Kier alpha value is -0.570. The second kappa shape index (κ2) is 6.55. The van der Waals surface area contributed by atoms with Crippen LogP contribution in [0.25, 0.3) is 0 Å². The van der Waals surface area contributed by atoms with Gasteiger partial charge < -0.3 is 5.32 Å². The summed E-state index contributed by atoms with van der Waals surface area (Å²) in [5.74, 6) is 0.970. The van der Waals surface area contributed by atoms with Crippen molar-refractivity contribution in [1.29, 1.82) is 0 Å². The van der Waals surface area contributed by atoms with Gasteiger partial charge in [-0.05, 0) is 66.1 Å². The van der Waals surface area contributed by atoms with E-state index in [-0.39, 0.29) is 0 Å². The zero-order valence-corrected chi connectivity index (χ0v) is 13.0. The summed E-state index contributed by atoms with van der Waals surface area (Å²) in [5, 5.41) is 3.63. The Morgan fingerprint density at radius 1 is 1.33 bits per heavy atom. The molecule has 1 aromatic rings. The van der Waals surface area contributed by atoms with Crippen molar-refractivity contribution >= 4 is 21.6 Å². The Morgan fingerprint density at radius 2 is 2.06 bits per heavy atom. The number of aromatic nitrogens is 1. The predicted molar refractivity (Wildman–Crippen MR) is 81.0 cm³/mol. The first kappa shape index (κ1) is 13.9. The molecular formula is C15H23BrN2. The molecule has 0 bridgehead atoms. The molecule has 0 saturated heterocycles. The van der Waals surface area contributed by atoms with Crippen molar-refractivity contribution in [3.05, 3.63) is 22.4 Å². The minimum Gasteiger partial charge on any atom is -0.381 e. The smallest absolute Gasteiger partial charge is 0.109 e. The molecule has 0 aliphatic heterocycles. The molecule has 2 nitrogen and oxygen atoms in total. The molecule has 1 fully saturated rings. The molecule has 0 spiro atoms. The average Bonchev–Trinajstić information content (AvgIpc) is 2.37. The normalized spacial score (nSPS) is 23.9. The summed E-state index contributed by atoms with van der Waals surface area (Å²) in [6.07, 6.45) is 10.0. The van der Waals surface area contributed by atoms with Crippen molar-refractivity contribution < 1.29 is 0 Å². The summed E-state index contributed by atoms with van der Waals surface area (Å²) in [5.41, 5.74) is 2.36. The summed E-state index contributed by atoms with van der Waals surface area (Å²) in [6.45, 7) is 4.38. The number of nitrogens with zero attached hydrogens (tertiary/aromatic N) is 1. The molecule has 3 heteroatoms. The fourth-order valence-corrected chi connectivity index (χ4v) is 3.09. The maximum Gasteiger partial charge on any atom is 0.109 e. The van der Waals surface area contributed by atoms with Gasteiger partial charge in [0.25, 0.3) is 0 Å².